The maximum Gasteiger partial charge on any atom is 0.0533 e. The van der Waals surface area contributed by atoms with Gasteiger partial charge in [0.25, 0.3) is 0 Å². The summed E-state index contributed by atoms with van der Waals surface area (Å²) in [5, 5.41) is 5.25. The van der Waals surface area contributed by atoms with Gasteiger partial charge in [0.2, 0.25) is 0 Å². The molecule has 2 aromatic rings. The number of hydrogen-bond donors (Lipinski definition) is 1. The number of thioether (sulfide) groups is 1. The van der Waals surface area contributed by atoms with Crippen LogP contribution in [0.15, 0.2) is 36.7 Å². The van der Waals surface area contributed by atoms with Crippen molar-refractivity contribution in [2.24, 2.45) is 12.8 Å². The van der Waals surface area contributed by atoms with E-state index >= 15 is 0 Å². The van der Waals surface area contributed by atoms with E-state index in [1.807, 2.05) is 43.7 Å². The summed E-state index contributed by atoms with van der Waals surface area (Å²) < 4.78 is 1.80. The normalized spacial score (nSPS) is 12.6. The van der Waals surface area contributed by atoms with Gasteiger partial charge in [-0.1, -0.05) is 29.8 Å². The van der Waals surface area contributed by atoms with E-state index in [1.54, 1.807) is 16.4 Å². The van der Waals surface area contributed by atoms with Gasteiger partial charge >= 0.3 is 0 Å². The summed E-state index contributed by atoms with van der Waals surface area (Å²) in [6, 6.07) is 7.91. The lowest BCUT2D eigenvalue weighted by molar-refractivity contribution is 0.766. The molecule has 2 rings (SSSR count). The van der Waals surface area contributed by atoms with Crippen molar-refractivity contribution in [1.29, 1.82) is 0 Å². The molecule has 3 nitrogen and oxygen atoms in total. The fraction of sp³-hybridized carbons (Fsp3) is 0.308. The molecule has 0 radical (unpaired) electrons. The number of halogens is 1. The third-order valence-corrected chi connectivity index (χ3v) is 4.42. The minimum atomic E-state index is 0.259. The molecule has 1 atom stereocenters. The van der Waals surface area contributed by atoms with Crippen LogP contribution in [0, 0.1) is 0 Å². The number of rotatable bonds is 5. The average Bonchev–Trinajstić information content (AvgIpc) is 2.79. The van der Waals surface area contributed by atoms with Gasteiger partial charge in [-0.05, 0) is 11.6 Å². The van der Waals surface area contributed by atoms with Crippen molar-refractivity contribution in [3.63, 3.8) is 0 Å². The maximum atomic E-state index is 6.14. The Balaban J connectivity index is 2.02. The van der Waals surface area contributed by atoms with Gasteiger partial charge in [-0.2, -0.15) is 5.10 Å². The van der Waals surface area contributed by atoms with Crippen LogP contribution in [-0.4, -0.2) is 16.3 Å². The monoisotopic (exact) mass is 281 g/mol. The zero-order chi connectivity index (χ0) is 13.0. The summed E-state index contributed by atoms with van der Waals surface area (Å²) in [7, 11) is 1.91. The first-order valence-electron chi connectivity index (χ1n) is 5.74. The topological polar surface area (TPSA) is 43.8 Å². The molecule has 2 N–H and O–H groups in total. The molecular weight excluding hydrogens is 266 g/mol. The van der Waals surface area contributed by atoms with E-state index < -0.39 is 0 Å². The summed E-state index contributed by atoms with van der Waals surface area (Å²) in [5.41, 5.74) is 8.13. The highest BCUT2D eigenvalue weighted by Crippen LogP contribution is 2.32. The van der Waals surface area contributed by atoms with Gasteiger partial charge in [0.05, 0.1) is 6.20 Å². The smallest absolute Gasteiger partial charge is 0.0533 e. The Morgan fingerprint density at radius 3 is 2.83 bits per heavy atom. The van der Waals surface area contributed by atoms with Crippen molar-refractivity contribution < 1.29 is 0 Å². The Bertz CT molecular complexity index is 512. The Morgan fingerprint density at radius 2 is 2.22 bits per heavy atom. The Hall–Kier alpha value is -0.970. The number of aromatic nitrogens is 2. The van der Waals surface area contributed by atoms with Gasteiger partial charge < -0.3 is 5.73 Å². The molecule has 96 valence electrons. The lowest BCUT2D eigenvalue weighted by Gasteiger charge is -2.13. The molecule has 0 spiro atoms. The third kappa shape index (κ3) is 3.28. The second kappa shape index (κ2) is 6.27. The molecule has 0 amide bonds. The zero-order valence-electron chi connectivity index (χ0n) is 10.2. The second-order valence-electron chi connectivity index (χ2n) is 4.07. The van der Waals surface area contributed by atoms with E-state index in [1.165, 1.54) is 0 Å². The number of nitrogens with zero attached hydrogens (tertiary/aromatic N) is 2. The zero-order valence-corrected chi connectivity index (χ0v) is 11.8. The SMILES string of the molecule is Cn1cc(C(CN)SCc2ccccc2Cl)cn1. The van der Waals surface area contributed by atoms with Crippen molar-refractivity contribution in [3.8, 4) is 0 Å². The van der Waals surface area contributed by atoms with Gasteiger partial charge in [0, 0.05) is 41.4 Å². The largest absolute Gasteiger partial charge is 0.329 e. The molecule has 1 heterocycles. The van der Waals surface area contributed by atoms with Crippen LogP contribution in [0.5, 0.6) is 0 Å². The number of benzene rings is 1. The first-order valence-corrected chi connectivity index (χ1v) is 7.17. The molecule has 1 aromatic heterocycles. The number of hydrogen-bond acceptors (Lipinski definition) is 3. The first kappa shape index (κ1) is 13.5. The highest BCUT2D eigenvalue weighted by atomic mass is 35.5. The highest BCUT2D eigenvalue weighted by molar-refractivity contribution is 7.98. The van der Waals surface area contributed by atoms with Gasteiger partial charge in [-0.3, -0.25) is 4.68 Å². The van der Waals surface area contributed by atoms with E-state index in [9.17, 15) is 0 Å². The molecule has 0 bridgehead atoms. The molecule has 1 unspecified atom stereocenters. The summed E-state index contributed by atoms with van der Waals surface area (Å²) >= 11 is 7.93. The molecule has 0 aliphatic heterocycles. The van der Waals surface area contributed by atoms with Crippen LogP contribution < -0.4 is 5.73 Å². The van der Waals surface area contributed by atoms with Gasteiger partial charge in [-0.25, -0.2) is 0 Å². The van der Waals surface area contributed by atoms with Crippen LogP contribution >= 0.6 is 23.4 Å². The van der Waals surface area contributed by atoms with Crippen LogP contribution in [-0.2, 0) is 12.8 Å². The minimum absolute atomic E-state index is 0.259. The van der Waals surface area contributed by atoms with Gasteiger partial charge in [0.1, 0.15) is 0 Å². The Morgan fingerprint density at radius 1 is 1.44 bits per heavy atom. The van der Waals surface area contributed by atoms with Crippen LogP contribution in [0.2, 0.25) is 5.02 Å². The highest BCUT2D eigenvalue weighted by Gasteiger charge is 2.12. The fourth-order valence-corrected chi connectivity index (χ4v) is 3.08. The van der Waals surface area contributed by atoms with Crippen molar-refractivity contribution in [1.82, 2.24) is 9.78 Å². The van der Waals surface area contributed by atoms with Crippen molar-refractivity contribution >= 4 is 23.4 Å². The summed E-state index contributed by atoms with van der Waals surface area (Å²) in [6.45, 7) is 0.598. The second-order valence-corrected chi connectivity index (χ2v) is 5.67. The predicted octanol–water partition coefficient (Wildman–Crippen LogP) is 3.01. The van der Waals surface area contributed by atoms with Gasteiger partial charge in [0.15, 0.2) is 0 Å². The molecule has 0 aliphatic rings. The molecule has 0 aliphatic carbocycles. The minimum Gasteiger partial charge on any atom is -0.329 e. The third-order valence-electron chi connectivity index (χ3n) is 2.71. The summed E-state index contributed by atoms with van der Waals surface area (Å²) in [4.78, 5) is 0. The molecule has 0 fully saturated rings. The molecule has 1 aromatic carbocycles. The number of aryl methyl sites for hydroxylation is 1. The van der Waals surface area contributed by atoms with E-state index in [0.29, 0.717) is 6.54 Å². The Kier molecular flexibility index (Phi) is 4.69. The van der Waals surface area contributed by atoms with E-state index in [0.717, 1.165) is 21.9 Å². The van der Waals surface area contributed by atoms with Crippen LogP contribution in [0.1, 0.15) is 16.4 Å². The molecule has 0 saturated heterocycles. The van der Waals surface area contributed by atoms with Crippen molar-refractivity contribution in [2.45, 2.75) is 11.0 Å². The fourth-order valence-electron chi connectivity index (χ4n) is 1.71. The van der Waals surface area contributed by atoms with Crippen molar-refractivity contribution in [2.75, 3.05) is 6.54 Å². The van der Waals surface area contributed by atoms with Crippen LogP contribution in [0.25, 0.3) is 0 Å². The predicted molar refractivity (Wildman–Crippen MR) is 77.8 cm³/mol. The summed E-state index contributed by atoms with van der Waals surface area (Å²) in [5.74, 6) is 0.858. The molecule has 18 heavy (non-hydrogen) atoms. The van der Waals surface area contributed by atoms with Crippen LogP contribution in [0.4, 0.5) is 0 Å². The quantitative estimate of drug-likeness (QED) is 0.916. The van der Waals surface area contributed by atoms with Gasteiger partial charge in [-0.15, -0.1) is 11.8 Å². The maximum absolute atomic E-state index is 6.14. The lowest BCUT2D eigenvalue weighted by atomic mass is 10.2. The van der Waals surface area contributed by atoms with E-state index in [2.05, 4.69) is 5.10 Å². The number of nitrogens with two attached hydrogens (primary N) is 1. The molecule has 0 saturated carbocycles. The summed E-state index contributed by atoms with van der Waals surface area (Å²) in [6.07, 6.45) is 3.88. The van der Waals surface area contributed by atoms with E-state index in [-0.39, 0.29) is 5.25 Å². The van der Waals surface area contributed by atoms with Crippen molar-refractivity contribution in [3.05, 3.63) is 52.8 Å². The average molecular weight is 282 g/mol. The lowest BCUT2D eigenvalue weighted by Crippen LogP contribution is -2.09. The van der Waals surface area contributed by atoms with Crippen LogP contribution in [0.3, 0.4) is 0 Å². The molecule has 5 heteroatoms. The first-order chi connectivity index (χ1) is 8.70. The standard InChI is InChI=1S/C13H16ClN3S/c1-17-8-11(7-16-17)13(6-15)18-9-10-4-2-3-5-12(10)14/h2-5,7-8,13H,6,9,15H2,1H3. The Labute approximate surface area is 116 Å². The van der Waals surface area contributed by atoms with E-state index in [4.69, 9.17) is 17.3 Å². The molecular formula is C13H16ClN3S.